The molecule has 12 nitrogen and oxygen atoms in total. The highest BCUT2D eigenvalue weighted by molar-refractivity contribution is 5.68. The Morgan fingerprint density at radius 3 is 0.312 bits per heavy atom. The molecule has 0 saturated carbocycles. The SMILES string of the molecule is CCCCCCCCCC(=O)O.CCCCCCCCCC(=O)O.CCCCCCCCCC(=O)O.CCCCCCCCCC(=O)O.CCCCCCCCCC(=O)O.CCCCCCCCCCCCCCC(=O)O. The van der Waals surface area contributed by atoms with E-state index in [0.717, 1.165) is 77.0 Å². The molecular formula is C65H130O12. The van der Waals surface area contributed by atoms with E-state index in [1.54, 1.807) is 0 Å². The molecule has 77 heavy (non-hydrogen) atoms. The maximum absolute atomic E-state index is 10.3. The van der Waals surface area contributed by atoms with E-state index in [1.165, 1.54) is 225 Å². The van der Waals surface area contributed by atoms with Crippen LogP contribution in [0.15, 0.2) is 0 Å². The second-order valence-electron chi connectivity index (χ2n) is 21.4. The second kappa shape index (κ2) is 81.7. The molecule has 0 amide bonds. The van der Waals surface area contributed by atoms with E-state index in [4.69, 9.17) is 30.6 Å². The fraction of sp³-hybridized carbons (Fsp3) is 0.908. The van der Waals surface area contributed by atoms with E-state index in [2.05, 4.69) is 41.5 Å². The van der Waals surface area contributed by atoms with Crippen LogP contribution in [0.25, 0.3) is 0 Å². The molecule has 0 bridgehead atoms. The van der Waals surface area contributed by atoms with Crippen molar-refractivity contribution in [2.75, 3.05) is 0 Å². The van der Waals surface area contributed by atoms with Gasteiger partial charge < -0.3 is 30.6 Å². The van der Waals surface area contributed by atoms with E-state index in [9.17, 15) is 28.8 Å². The fourth-order valence-electron chi connectivity index (χ4n) is 8.28. The van der Waals surface area contributed by atoms with Crippen molar-refractivity contribution in [1.29, 1.82) is 0 Å². The van der Waals surface area contributed by atoms with Crippen LogP contribution in [0.1, 0.15) is 382 Å². The van der Waals surface area contributed by atoms with Crippen molar-refractivity contribution in [2.45, 2.75) is 382 Å². The highest BCUT2D eigenvalue weighted by Gasteiger charge is 2.01. The molecule has 0 radical (unpaired) electrons. The van der Waals surface area contributed by atoms with E-state index in [0.29, 0.717) is 38.5 Å². The Bertz CT molecular complexity index is 1010. The first-order valence-electron chi connectivity index (χ1n) is 32.4. The van der Waals surface area contributed by atoms with Crippen LogP contribution in [-0.4, -0.2) is 66.5 Å². The minimum absolute atomic E-state index is 0.341. The van der Waals surface area contributed by atoms with Crippen LogP contribution in [0.4, 0.5) is 0 Å². The molecule has 0 aromatic rings. The van der Waals surface area contributed by atoms with Gasteiger partial charge in [-0.3, -0.25) is 28.8 Å². The molecule has 0 aromatic carbocycles. The number of aliphatic carboxylic acids is 6. The first kappa shape index (κ1) is 85.1. The number of unbranched alkanes of at least 4 members (excludes halogenated alkanes) is 41. The van der Waals surface area contributed by atoms with E-state index < -0.39 is 35.8 Å². The minimum atomic E-state index is -0.663. The van der Waals surface area contributed by atoms with Crippen LogP contribution in [0.2, 0.25) is 0 Å². The van der Waals surface area contributed by atoms with Crippen LogP contribution < -0.4 is 0 Å². The molecule has 0 unspecified atom stereocenters. The maximum atomic E-state index is 10.3. The molecule has 6 N–H and O–H groups in total. The highest BCUT2D eigenvalue weighted by Crippen LogP contribution is 2.14. The molecule has 0 aromatic heterocycles. The molecule has 0 atom stereocenters. The molecule has 0 rings (SSSR count). The number of rotatable bonds is 53. The molecule has 0 heterocycles. The van der Waals surface area contributed by atoms with Gasteiger partial charge in [-0.2, -0.15) is 0 Å². The summed E-state index contributed by atoms with van der Waals surface area (Å²) in [6.07, 6.45) is 59.0. The van der Waals surface area contributed by atoms with Crippen LogP contribution in [0.3, 0.4) is 0 Å². The molecule has 0 saturated heterocycles. The molecular weight excluding hydrogens is 973 g/mol. The molecule has 0 aliphatic rings. The summed E-state index contributed by atoms with van der Waals surface area (Å²) in [5.41, 5.74) is 0. The molecule has 0 aliphatic heterocycles. The minimum Gasteiger partial charge on any atom is -0.481 e. The standard InChI is InChI=1S/C15H30O2.5C10H20O2/c1-2-3-4-5-6-7-8-9-10-11-12-13-14-15(16)17;5*1-2-3-4-5-6-7-8-9-10(11)12/h2-14H2,1H3,(H,16,17);5*2-9H2,1H3,(H,11,12). The predicted octanol–water partition coefficient (Wildman–Crippen LogP) is 21.2. The van der Waals surface area contributed by atoms with Gasteiger partial charge >= 0.3 is 35.8 Å². The Labute approximate surface area is 475 Å². The molecule has 12 heteroatoms. The van der Waals surface area contributed by atoms with Gasteiger partial charge in [0.15, 0.2) is 0 Å². The Morgan fingerprint density at radius 1 is 0.156 bits per heavy atom. The summed E-state index contributed by atoms with van der Waals surface area (Å²) in [6.45, 7) is 13.2. The maximum Gasteiger partial charge on any atom is 0.303 e. The van der Waals surface area contributed by atoms with Gasteiger partial charge in [0, 0.05) is 38.5 Å². The largest absolute Gasteiger partial charge is 0.481 e. The summed E-state index contributed by atoms with van der Waals surface area (Å²) in [5.74, 6) is -3.97. The monoisotopic (exact) mass is 1100 g/mol. The Balaban J connectivity index is -0.000000198. The molecule has 0 spiro atoms. The van der Waals surface area contributed by atoms with E-state index >= 15 is 0 Å². The molecule has 462 valence electrons. The van der Waals surface area contributed by atoms with Crippen molar-refractivity contribution in [3.63, 3.8) is 0 Å². The number of hydrogen-bond acceptors (Lipinski definition) is 6. The van der Waals surface area contributed by atoms with Gasteiger partial charge in [-0.05, 0) is 38.5 Å². The molecule has 0 fully saturated rings. The summed E-state index contributed by atoms with van der Waals surface area (Å²) >= 11 is 0. The third-order valence-electron chi connectivity index (χ3n) is 13.2. The van der Waals surface area contributed by atoms with Gasteiger partial charge in [0.1, 0.15) is 0 Å². The lowest BCUT2D eigenvalue weighted by Gasteiger charge is -2.02. The van der Waals surface area contributed by atoms with Gasteiger partial charge in [-0.15, -0.1) is 0 Å². The van der Waals surface area contributed by atoms with Crippen molar-refractivity contribution in [2.24, 2.45) is 0 Å². The van der Waals surface area contributed by atoms with Crippen molar-refractivity contribution < 1.29 is 59.4 Å². The zero-order valence-electron chi connectivity index (χ0n) is 51.6. The Morgan fingerprint density at radius 2 is 0.234 bits per heavy atom. The number of carboxylic acids is 6. The third kappa shape index (κ3) is 117. The quantitative estimate of drug-likeness (QED) is 0.0313. The van der Waals surface area contributed by atoms with Gasteiger partial charge in [-0.1, -0.05) is 305 Å². The summed E-state index contributed by atoms with van der Waals surface area (Å²) in [7, 11) is 0. The average Bonchev–Trinajstić information content (AvgIpc) is 3.38. The summed E-state index contributed by atoms with van der Waals surface area (Å²) in [5, 5.41) is 50.2. The summed E-state index contributed by atoms with van der Waals surface area (Å²) in [4.78, 5) is 61.0. The zero-order chi connectivity index (χ0) is 58.9. The van der Waals surface area contributed by atoms with Crippen LogP contribution in [0, 0.1) is 0 Å². The topological polar surface area (TPSA) is 224 Å². The van der Waals surface area contributed by atoms with Gasteiger partial charge in [-0.25, -0.2) is 0 Å². The summed E-state index contributed by atoms with van der Waals surface area (Å²) < 4.78 is 0. The lowest BCUT2D eigenvalue weighted by molar-refractivity contribution is -0.138. The smallest absolute Gasteiger partial charge is 0.303 e. The Hall–Kier alpha value is -3.18. The van der Waals surface area contributed by atoms with Crippen LogP contribution in [-0.2, 0) is 28.8 Å². The lowest BCUT2D eigenvalue weighted by atomic mass is 10.0. The first-order chi connectivity index (χ1) is 37.1. The predicted molar refractivity (Wildman–Crippen MR) is 325 cm³/mol. The van der Waals surface area contributed by atoms with Crippen molar-refractivity contribution in [3.8, 4) is 0 Å². The Kier molecular flexibility index (Phi) is 90.3. The van der Waals surface area contributed by atoms with Crippen LogP contribution in [0.5, 0.6) is 0 Å². The second-order valence-corrected chi connectivity index (χ2v) is 21.4. The fourth-order valence-corrected chi connectivity index (χ4v) is 8.28. The average molecular weight is 1100 g/mol. The van der Waals surface area contributed by atoms with Crippen molar-refractivity contribution >= 4 is 35.8 Å². The van der Waals surface area contributed by atoms with Crippen molar-refractivity contribution in [3.05, 3.63) is 0 Å². The summed E-state index contributed by atoms with van der Waals surface area (Å²) in [6, 6.07) is 0. The molecule has 0 aliphatic carbocycles. The first-order valence-corrected chi connectivity index (χ1v) is 32.4. The van der Waals surface area contributed by atoms with E-state index in [-0.39, 0.29) is 0 Å². The highest BCUT2D eigenvalue weighted by atomic mass is 16.4. The number of carboxylic acid groups (broad SMARTS) is 6. The van der Waals surface area contributed by atoms with Gasteiger partial charge in [0.25, 0.3) is 0 Å². The van der Waals surface area contributed by atoms with Crippen LogP contribution >= 0.6 is 0 Å². The zero-order valence-corrected chi connectivity index (χ0v) is 51.6. The van der Waals surface area contributed by atoms with Crippen molar-refractivity contribution in [1.82, 2.24) is 0 Å². The lowest BCUT2D eigenvalue weighted by Crippen LogP contribution is -1.93. The van der Waals surface area contributed by atoms with Gasteiger partial charge in [0.05, 0.1) is 0 Å². The normalized spacial score (nSPS) is 10.2. The van der Waals surface area contributed by atoms with Gasteiger partial charge in [0.2, 0.25) is 0 Å². The third-order valence-corrected chi connectivity index (χ3v) is 13.2. The van der Waals surface area contributed by atoms with E-state index in [1.807, 2.05) is 0 Å². The number of hydrogen-bond donors (Lipinski definition) is 6. The number of carbonyl (C=O) groups is 6.